The second-order valence-corrected chi connectivity index (χ2v) is 10.3. The molecule has 0 radical (unpaired) electrons. The first kappa shape index (κ1) is 33.9. The molecule has 0 saturated carbocycles. The van der Waals surface area contributed by atoms with Gasteiger partial charge in [0, 0.05) is 18.8 Å². The molecule has 1 aliphatic heterocycles. The third-order valence-electron chi connectivity index (χ3n) is 7.19. The van der Waals surface area contributed by atoms with E-state index in [2.05, 4.69) is 15.6 Å². The monoisotopic (exact) mass is 639 g/mol. The molecule has 244 valence electrons. The number of hydrogen-bond donors (Lipinski definition) is 5. The van der Waals surface area contributed by atoms with Gasteiger partial charge >= 0.3 is 11.7 Å². The molecule has 16 nitrogen and oxygen atoms in total. The molecule has 3 aromatic rings. The number of para-hydroxylation sites is 1. The quantitative estimate of drug-likeness (QED) is 0.0724. The number of aromatic nitrogens is 2. The topological polar surface area (TPSA) is 232 Å². The predicted molar refractivity (Wildman–Crippen MR) is 160 cm³/mol. The Morgan fingerprint density at radius 2 is 1.61 bits per heavy atom. The fraction of sp³-hybridized carbons (Fsp3) is 0.367. The van der Waals surface area contributed by atoms with Gasteiger partial charge in [0.2, 0.25) is 0 Å². The van der Waals surface area contributed by atoms with Gasteiger partial charge < -0.3 is 35.4 Å². The van der Waals surface area contributed by atoms with Crippen molar-refractivity contribution in [1.29, 1.82) is 0 Å². The average molecular weight is 640 g/mol. The van der Waals surface area contributed by atoms with Crippen LogP contribution in [0, 0.1) is 10.1 Å². The molecule has 1 saturated heterocycles. The lowest BCUT2D eigenvalue weighted by Gasteiger charge is -2.17. The van der Waals surface area contributed by atoms with Gasteiger partial charge in [-0.05, 0) is 43.5 Å². The Labute approximate surface area is 261 Å². The molecule has 0 bridgehead atoms. The Kier molecular flexibility index (Phi) is 11.6. The number of nitro benzene ring substituents is 1. The molecule has 1 aliphatic rings. The SMILES string of the molecule is O=C(Nc1ccn([C@@H]2O[C@H](CO)[C@@H](O)[C@@H]2O)c(=O)n1)c1ccccc1C(=O)OCCCCCCNC(=O)c1ccccc1[N+](=O)[O-]. The van der Waals surface area contributed by atoms with Crippen molar-refractivity contribution in [2.24, 2.45) is 0 Å². The lowest BCUT2D eigenvalue weighted by Crippen LogP contribution is -2.36. The Morgan fingerprint density at radius 3 is 2.28 bits per heavy atom. The number of aliphatic hydroxyl groups excluding tert-OH is 3. The molecule has 2 amide bonds. The largest absolute Gasteiger partial charge is 0.462 e. The van der Waals surface area contributed by atoms with Crippen molar-refractivity contribution in [3.8, 4) is 0 Å². The summed E-state index contributed by atoms with van der Waals surface area (Å²) in [5.74, 6) is -2.12. The van der Waals surface area contributed by atoms with Crippen molar-refractivity contribution >= 4 is 29.3 Å². The number of esters is 1. The van der Waals surface area contributed by atoms with Crippen LogP contribution in [-0.2, 0) is 9.47 Å². The van der Waals surface area contributed by atoms with Crippen molar-refractivity contribution in [2.45, 2.75) is 50.2 Å². The molecular weight excluding hydrogens is 606 g/mol. The minimum atomic E-state index is -1.49. The maximum Gasteiger partial charge on any atom is 0.351 e. The van der Waals surface area contributed by atoms with E-state index in [1.807, 2.05) is 0 Å². The van der Waals surface area contributed by atoms with E-state index in [1.54, 1.807) is 18.2 Å². The standard InChI is InChI=1S/C30H33N5O11/c36-17-22-24(37)25(38)28(46-22)34-15-13-23(33-30(34)42)32-27(40)18-9-3-4-10-19(18)29(41)45-16-8-2-1-7-14-31-26(39)20-11-5-6-12-21(20)35(43)44/h3-6,9-13,15,22,24-25,28,36-38H,1-2,7-8,14,16-17H2,(H,31,39)(H,32,33,40,42)/t22-,24-,25+,28-/m1/s1. The van der Waals surface area contributed by atoms with Gasteiger partial charge in [-0.1, -0.05) is 30.7 Å². The summed E-state index contributed by atoms with van der Waals surface area (Å²) >= 11 is 0. The second kappa shape index (κ2) is 15.8. The molecule has 1 aromatic heterocycles. The molecule has 1 fully saturated rings. The predicted octanol–water partition coefficient (Wildman–Crippen LogP) is 1.16. The van der Waals surface area contributed by atoms with Crippen LogP contribution in [0.2, 0.25) is 0 Å². The van der Waals surface area contributed by atoms with Crippen molar-refractivity contribution in [3.63, 3.8) is 0 Å². The van der Waals surface area contributed by atoms with Crippen LogP contribution in [0.3, 0.4) is 0 Å². The Hall–Kier alpha value is -5.03. The summed E-state index contributed by atoms with van der Waals surface area (Å²) in [4.78, 5) is 64.8. The van der Waals surface area contributed by atoms with E-state index in [1.165, 1.54) is 42.6 Å². The number of ether oxygens (including phenoxy) is 2. The number of carbonyl (C=O) groups excluding carboxylic acids is 3. The fourth-order valence-corrected chi connectivity index (χ4v) is 4.77. The summed E-state index contributed by atoms with van der Waals surface area (Å²) in [6.07, 6.45) is -1.56. The summed E-state index contributed by atoms with van der Waals surface area (Å²) < 4.78 is 11.6. The van der Waals surface area contributed by atoms with Crippen LogP contribution in [0.4, 0.5) is 11.5 Å². The highest BCUT2D eigenvalue weighted by atomic mass is 16.6. The van der Waals surface area contributed by atoms with Crippen LogP contribution in [0.1, 0.15) is 63.0 Å². The van der Waals surface area contributed by atoms with Crippen LogP contribution in [0.15, 0.2) is 65.6 Å². The van der Waals surface area contributed by atoms with Crippen molar-refractivity contribution < 1.29 is 44.1 Å². The van der Waals surface area contributed by atoms with Gasteiger partial charge in [0.1, 0.15) is 29.7 Å². The Balaban J connectivity index is 1.22. The molecule has 0 spiro atoms. The first-order chi connectivity index (χ1) is 22.1. The third kappa shape index (κ3) is 8.16. The molecule has 16 heteroatoms. The highest BCUT2D eigenvalue weighted by Gasteiger charge is 2.43. The maximum absolute atomic E-state index is 13.0. The van der Waals surface area contributed by atoms with Crippen molar-refractivity contribution in [3.05, 3.63) is 98.1 Å². The number of anilines is 1. The number of rotatable bonds is 14. The lowest BCUT2D eigenvalue weighted by atomic mass is 10.1. The Bertz CT molecular complexity index is 1630. The first-order valence-electron chi connectivity index (χ1n) is 14.4. The number of aliphatic hydroxyl groups is 3. The molecule has 46 heavy (non-hydrogen) atoms. The van der Waals surface area contributed by atoms with Crippen molar-refractivity contribution in [2.75, 3.05) is 25.1 Å². The highest BCUT2D eigenvalue weighted by Crippen LogP contribution is 2.28. The zero-order chi connectivity index (χ0) is 33.2. The number of nitrogens with one attached hydrogen (secondary N) is 2. The third-order valence-corrected chi connectivity index (χ3v) is 7.19. The van der Waals surface area contributed by atoms with Gasteiger partial charge in [0.15, 0.2) is 6.23 Å². The Morgan fingerprint density at radius 1 is 0.935 bits per heavy atom. The molecule has 2 aromatic carbocycles. The smallest absolute Gasteiger partial charge is 0.351 e. The lowest BCUT2D eigenvalue weighted by molar-refractivity contribution is -0.385. The summed E-state index contributed by atoms with van der Waals surface area (Å²) in [6.45, 7) is -0.167. The number of amides is 2. The molecular formula is C30H33N5O11. The highest BCUT2D eigenvalue weighted by molar-refractivity contribution is 6.10. The zero-order valence-electron chi connectivity index (χ0n) is 24.5. The van der Waals surface area contributed by atoms with Crippen molar-refractivity contribution in [1.82, 2.24) is 14.9 Å². The second-order valence-electron chi connectivity index (χ2n) is 10.3. The summed E-state index contributed by atoms with van der Waals surface area (Å²) in [5, 5.41) is 45.6. The van der Waals surface area contributed by atoms with E-state index < -0.39 is 59.5 Å². The van der Waals surface area contributed by atoms with Crippen LogP contribution >= 0.6 is 0 Å². The summed E-state index contributed by atoms with van der Waals surface area (Å²) in [5.41, 5.74) is -1.19. The molecule has 4 rings (SSSR count). The van der Waals surface area contributed by atoms with Gasteiger partial charge in [-0.3, -0.25) is 24.3 Å². The van der Waals surface area contributed by atoms with Crippen LogP contribution in [-0.4, -0.2) is 85.6 Å². The van der Waals surface area contributed by atoms with E-state index in [9.17, 15) is 44.6 Å². The molecule has 0 unspecified atom stereocenters. The maximum atomic E-state index is 13.0. The van der Waals surface area contributed by atoms with Gasteiger partial charge in [-0.15, -0.1) is 0 Å². The molecule has 0 aliphatic carbocycles. The number of nitrogens with zero attached hydrogens (tertiary/aromatic N) is 3. The normalized spacial score (nSPS) is 18.9. The van der Waals surface area contributed by atoms with Crippen LogP contribution < -0.4 is 16.3 Å². The van der Waals surface area contributed by atoms with E-state index in [4.69, 9.17) is 9.47 Å². The average Bonchev–Trinajstić information content (AvgIpc) is 3.34. The fourth-order valence-electron chi connectivity index (χ4n) is 4.77. The van der Waals surface area contributed by atoms with Gasteiger partial charge in [-0.2, -0.15) is 4.98 Å². The van der Waals surface area contributed by atoms with E-state index in [0.29, 0.717) is 32.2 Å². The van der Waals surface area contributed by atoms with Gasteiger partial charge in [0.05, 0.1) is 29.3 Å². The number of carbonyl (C=O) groups is 3. The van der Waals surface area contributed by atoms with Crippen LogP contribution in [0.5, 0.6) is 0 Å². The minimum Gasteiger partial charge on any atom is -0.462 e. The number of benzene rings is 2. The van der Waals surface area contributed by atoms with Gasteiger partial charge in [-0.25, -0.2) is 9.59 Å². The van der Waals surface area contributed by atoms with E-state index in [-0.39, 0.29) is 34.8 Å². The summed E-state index contributed by atoms with van der Waals surface area (Å²) in [6, 6.07) is 12.9. The number of hydrogen-bond acceptors (Lipinski definition) is 12. The summed E-state index contributed by atoms with van der Waals surface area (Å²) in [7, 11) is 0. The van der Waals surface area contributed by atoms with Crippen LogP contribution in [0.25, 0.3) is 0 Å². The molecule has 5 N–H and O–H groups in total. The first-order valence-corrected chi connectivity index (χ1v) is 14.4. The van der Waals surface area contributed by atoms with Gasteiger partial charge in [0.25, 0.3) is 17.5 Å². The molecule has 2 heterocycles. The number of nitro groups is 1. The van der Waals surface area contributed by atoms with E-state index >= 15 is 0 Å². The van der Waals surface area contributed by atoms with E-state index in [0.717, 1.165) is 4.57 Å². The zero-order valence-corrected chi connectivity index (χ0v) is 24.5. The molecule has 4 atom stereocenters. The number of unbranched alkanes of at least 4 members (excludes halogenated alkanes) is 3. The minimum absolute atomic E-state index is 0.00225.